The van der Waals surface area contributed by atoms with Crippen LogP contribution in [-0.4, -0.2) is 26.2 Å². The minimum Gasteiger partial charge on any atom is -0.316 e. The zero-order valence-electron chi connectivity index (χ0n) is 11.6. The van der Waals surface area contributed by atoms with Crippen LogP contribution < -0.4 is 10.6 Å². The van der Waals surface area contributed by atoms with Crippen LogP contribution in [0.4, 0.5) is 0 Å². The topological polar surface area (TPSA) is 24.1 Å². The lowest BCUT2D eigenvalue weighted by atomic mass is 9.96. The lowest BCUT2D eigenvalue weighted by Gasteiger charge is -2.10. The Bertz CT molecular complexity index is 146. The molecule has 2 saturated heterocycles. The molecule has 18 heavy (non-hydrogen) atoms. The second-order valence-corrected chi connectivity index (χ2v) is 5.99. The van der Waals surface area contributed by atoms with Gasteiger partial charge in [0, 0.05) is 0 Å². The third-order valence-corrected chi connectivity index (χ3v) is 4.08. The highest BCUT2D eigenvalue weighted by Gasteiger charge is 2.17. The van der Waals surface area contributed by atoms with Gasteiger partial charge in [0.25, 0.3) is 0 Å². The van der Waals surface area contributed by atoms with Crippen molar-refractivity contribution in [3.8, 4) is 0 Å². The molecule has 0 amide bonds. The van der Waals surface area contributed by atoms with Crippen molar-refractivity contribution in [1.82, 2.24) is 10.6 Å². The first kappa shape index (κ1) is 20.2. The van der Waals surface area contributed by atoms with Gasteiger partial charge in [0.05, 0.1) is 0 Å². The summed E-state index contributed by atoms with van der Waals surface area (Å²) in [6, 6.07) is 0. The molecule has 2 heterocycles. The lowest BCUT2D eigenvalue weighted by Crippen LogP contribution is -2.12. The first-order valence-electron chi connectivity index (χ1n) is 7.02. The predicted octanol–water partition coefficient (Wildman–Crippen LogP) is 3.78. The van der Waals surface area contributed by atoms with Crippen molar-refractivity contribution >= 4 is 0 Å². The van der Waals surface area contributed by atoms with Crippen LogP contribution in [0.25, 0.3) is 0 Å². The largest absolute Gasteiger partial charge is 0.316 e. The summed E-state index contributed by atoms with van der Waals surface area (Å²) >= 11 is 0. The average molecular weight is 258 g/mol. The summed E-state index contributed by atoms with van der Waals surface area (Å²) < 4.78 is 0. The van der Waals surface area contributed by atoms with E-state index in [1.807, 2.05) is 0 Å². The Morgan fingerprint density at radius 3 is 1.17 bits per heavy atom. The fourth-order valence-electron chi connectivity index (χ4n) is 2.49. The molecule has 2 heteroatoms. The molecular weight excluding hydrogens is 220 g/mol. The average Bonchev–Trinajstić information content (AvgIpc) is 2.93. The Kier molecular flexibility index (Phi) is 12.2. The normalized spacial score (nSPS) is 26.3. The summed E-state index contributed by atoms with van der Waals surface area (Å²) in [6.45, 7) is 14.2. The number of rotatable bonds is 2. The van der Waals surface area contributed by atoms with Crippen LogP contribution in [-0.2, 0) is 0 Å². The molecular formula is C16H38N2. The van der Waals surface area contributed by atoms with Crippen molar-refractivity contribution in [2.75, 3.05) is 26.2 Å². The summed E-state index contributed by atoms with van der Waals surface area (Å²) in [5.74, 6) is 3.67. The van der Waals surface area contributed by atoms with Gasteiger partial charge in [-0.2, -0.15) is 0 Å². The summed E-state index contributed by atoms with van der Waals surface area (Å²) in [6.07, 6.45) is 2.77. The molecule has 2 N–H and O–H groups in total. The quantitative estimate of drug-likeness (QED) is 0.788. The number of nitrogens with one attached hydrogen (secondary N) is 2. The Morgan fingerprint density at radius 2 is 1.06 bits per heavy atom. The van der Waals surface area contributed by atoms with Crippen LogP contribution in [0.3, 0.4) is 0 Å². The molecule has 2 nitrogen and oxygen atoms in total. The molecule has 112 valence electrons. The smallest absolute Gasteiger partial charge is 0.00176 e. The van der Waals surface area contributed by atoms with Crippen molar-refractivity contribution in [2.45, 2.75) is 55.4 Å². The molecule has 2 rings (SSSR count). The van der Waals surface area contributed by atoms with Gasteiger partial charge < -0.3 is 10.6 Å². The molecule has 0 saturated carbocycles. The third-order valence-electron chi connectivity index (χ3n) is 4.08. The van der Waals surface area contributed by atoms with Crippen molar-refractivity contribution in [2.24, 2.45) is 23.7 Å². The molecule has 0 aromatic rings. The van der Waals surface area contributed by atoms with E-state index in [2.05, 4.69) is 38.3 Å². The van der Waals surface area contributed by atoms with Crippen LogP contribution >= 0.6 is 0 Å². The minimum atomic E-state index is 0. The Morgan fingerprint density at radius 1 is 0.722 bits per heavy atom. The second kappa shape index (κ2) is 10.8. The number of hydrogen-bond acceptors (Lipinski definition) is 2. The zero-order valence-corrected chi connectivity index (χ0v) is 11.6. The van der Waals surface area contributed by atoms with Gasteiger partial charge in [0.15, 0.2) is 0 Å². The molecule has 0 radical (unpaired) electrons. The van der Waals surface area contributed by atoms with Crippen molar-refractivity contribution in [3.63, 3.8) is 0 Å². The summed E-state index contributed by atoms with van der Waals surface area (Å²) in [4.78, 5) is 0. The maximum absolute atomic E-state index is 3.35. The van der Waals surface area contributed by atoms with Crippen LogP contribution in [0.1, 0.15) is 55.4 Å². The highest BCUT2D eigenvalue weighted by atomic mass is 14.9. The van der Waals surface area contributed by atoms with Gasteiger partial charge in [-0.25, -0.2) is 0 Å². The van der Waals surface area contributed by atoms with Gasteiger partial charge in [-0.05, 0) is 62.7 Å². The van der Waals surface area contributed by atoms with Gasteiger partial charge in [0.2, 0.25) is 0 Å². The first-order chi connectivity index (χ1) is 7.61. The van der Waals surface area contributed by atoms with Gasteiger partial charge in [-0.1, -0.05) is 42.5 Å². The lowest BCUT2D eigenvalue weighted by molar-refractivity contribution is 0.419. The number of hydrogen-bond donors (Lipinski definition) is 2. The Balaban J connectivity index is 0. The maximum atomic E-state index is 3.35. The van der Waals surface area contributed by atoms with E-state index < -0.39 is 0 Å². The minimum absolute atomic E-state index is 0. The second-order valence-electron chi connectivity index (χ2n) is 5.99. The fourth-order valence-corrected chi connectivity index (χ4v) is 2.49. The Hall–Kier alpha value is -0.0800. The van der Waals surface area contributed by atoms with E-state index in [0.29, 0.717) is 0 Å². The monoisotopic (exact) mass is 258 g/mol. The molecule has 0 aromatic carbocycles. The molecule has 0 aromatic heterocycles. The van der Waals surface area contributed by atoms with E-state index in [1.165, 1.54) is 39.0 Å². The summed E-state index contributed by atoms with van der Waals surface area (Å²) in [7, 11) is 0. The zero-order chi connectivity index (χ0) is 12.0. The predicted molar refractivity (Wildman–Crippen MR) is 85.1 cm³/mol. The molecule has 0 unspecified atom stereocenters. The SMILES string of the molecule is C.C.CC(C)[C@@H]1CCNC1.CC(C)[C@H]1CCNC1. The van der Waals surface area contributed by atoms with E-state index in [9.17, 15) is 0 Å². The van der Waals surface area contributed by atoms with E-state index in [4.69, 9.17) is 0 Å². The van der Waals surface area contributed by atoms with E-state index in [1.54, 1.807) is 0 Å². The molecule has 0 bridgehead atoms. The molecule has 2 aliphatic heterocycles. The fraction of sp³-hybridized carbons (Fsp3) is 1.00. The summed E-state index contributed by atoms with van der Waals surface area (Å²) in [5.41, 5.74) is 0. The van der Waals surface area contributed by atoms with E-state index >= 15 is 0 Å². The standard InChI is InChI=1S/2C7H15N.2CH4/c2*1-6(2)7-3-4-8-5-7;;/h2*6-8H,3-5H2,1-2H3;2*1H4/t2*7-;;/m10../s1. The van der Waals surface area contributed by atoms with Gasteiger partial charge in [0.1, 0.15) is 0 Å². The molecule has 0 spiro atoms. The first-order valence-corrected chi connectivity index (χ1v) is 7.02. The van der Waals surface area contributed by atoms with E-state index in [0.717, 1.165) is 23.7 Å². The molecule has 2 fully saturated rings. The maximum Gasteiger partial charge on any atom is -0.00176 e. The van der Waals surface area contributed by atoms with Crippen LogP contribution in [0.5, 0.6) is 0 Å². The van der Waals surface area contributed by atoms with Crippen LogP contribution in [0.15, 0.2) is 0 Å². The summed E-state index contributed by atoms with van der Waals surface area (Å²) in [5, 5.41) is 6.71. The third kappa shape index (κ3) is 7.38. The van der Waals surface area contributed by atoms with Crippen LogP contribution in [0.2, 0.25) is 0 Å². The highest BCUT2D eigenvalue weighted by molar-refractivity contribution is 4.73. The highest BCUT2D eigenvalue weighted by Crippen LogP contribution is 2.17. The molecule has 2 aliphatic rings. The molecule has 2 atom stereocenters. The van der Waals surface area contributed by atoms with Gasteiger partial charge in [-0.3, -0.25) is 0 Å². The van der Waals surface area contributed by atoms with Crippen molar-refractivity contribution < 1.29 is 0 Å². The van der Waals surface area contributed by atoms with Gasteiger partial charge >= 0.3 is 0 Å². The Labute approximate surface area is 116 Å². The van der Waals surface area contributed by atoms with Crippen molar-refractivity contribution in [1.29, 1.82) is 0 Å². The van der Waals surface area contributed by atoms with Gasteiger partial charge in [-0.15, -0.1) is 0 Å². The van der Waals surface area contributed by atoms with Crippen molar-refractivity contribution in [3.05, 3.63) is 0 Å². The molecule has 0 aliphatic carbocycles. The van der Waals surface area contributed by atoms with E-state index in [-0.39, 0.29) is 14.9 Å². The van der Waals surface area contributed by atoms with Crippen LogP contribution in [0, 0.1) is 23.7 Å².